The maximum atomic E-state index is 11.3. The summed E-state index contributed by atoms with van der Waals surface area (Å²) in [7, 11) is 0. The number of nitrogens with one attached hydrogen (secondary N) is 1. The summed E-state index contributed by atoms with van der Waals surface area (Å²) in [5.41, 5.74) is 7.44. The van der Waals surface area contributed by atoms with E-state index in [1.54, 1.807) is 10.9 Å². The van der Waals surface area contributed by atoms with Gasteiger partial charge in [-0.2, -0.15) is 0 Å². The number of carbonyl (C=O) groups is 2. The van der Waals surface area contributed by atoms with Gasteiger partial charge in [0.25, 0.3) is 5.91 Å². The Kier molecular flexibility index (Phi) is 5.23. The SMILES string of the molecule is NNC(=O)c1cn(CCN2CCC(CC(N)=O)CC2)nn1. The molecule has 0 aliphatic carbocycles. The van der Waals surface area contributed by atoms with Gasteiger partial charge in [0, 0.05) is 13.0 Å². The van der Waals surface area contributed by atoms with E-state index in [4.69, 9.17) is 11.6 Å². The predicted octanol–water partition coefficient (Wildman–Crippen LogP) is -1.53. The van der Waals surface area contributed by atoms with E-state index in [1.165, 1.54) is 0 Å². The van der Waals surface area contributed by atoms with Crippen LogP contribution in [0.5, 0.6) is 0 Å². The monoisotopic (exact) mass is 295 g/mol. The fourth-order valence-electron chi connectivity index (χ4n) is 2.53. The molecule has 1 aromatic rings. The molecule has 0 unspecified atom stereocenters. The molecule has 0 atom stereocenters. The molecule has 1 aromatic heterocycles. The largest absolute Gasteiger partial charge is 0.370 e. The van der Waals surface area contributed by atoms with E-state index < -0.39 is 5.91 Å². The van der Waals surface area contributed by atoms with Crippen molar-refractivity contribution in [1.29, 1.82) is 0 Å². The van der Waals surface area contributed by atoms with Crippen molar-refractivity contribution in [2.75, 3.05) is 19.6 Å². The molecule has 9 heteroatoms. The molecule has 0 spiro atoms. The fourth-order valence-corrected chi connectivity index (χ4v) is 2.53. The zero-order valence-corrected chi connectivity index (χ0v) is 11.9. The molecule has 21 heavy (non-hydrogen) atoms. The second-order valence-corrected chi connectivity index (χ2v) is 5.30. The van der Waals surface area contributed by atoms with Gasteiger partial charge in [-0.05, 0) is 31.8 Å². The summed E-state index contributed by atoms with van der Waals surface area (Å²) in [4.78, 5) is 24.5. The maximum Gasteiger partial charge on any atom is 0.287 e. The first-order valence-electron chi connectivity index (χ1n) is 7.00. The zero-order valence-electron chi connectivity index (χ0n) is 11.9. The van der Waals surface area contributed by atoms with Crippen LogP contribution in [0.15, 0.2) is 6.20 Å². The van der Waals surface area contributed by atoms with Crippen LogP contribution in [0, 0.1) is 5.92 Å². The van der Waals surface area contributed by atoms with Crippen molar-refractivity contribution in [2.24, 2.45) is 17.5 Å². The lowest BCUT2D eigenvalue weighted by atomic mass is 9.93. The molecule has 9 nitrogen and oxygen atoms in total. The molecule has 1 aliphatic rings. The highest BCUT2D eigenvalue weighted by atomic mass is 16.2. The number of nitrogens with zero attached hydrogens (tertiary/aromatic N) is 4. The minimum Gasteiger partial charge on any atom is -0.370 e. The molecule has 2 rings (SSSR count). The van der Waals surface area contributed by atoms with Crippen LogP contribution in [0.4, 0.5) is 0 Å². The topological polar surface area (TPSA) is 132 Å². The Hall–Kier alpha value is -2.00. The molecule has 1 aliphatic heterocycles. The fraction of sp³-hybridized carbons (Fsp3) is 0.667. The maximum absolute atomic E-state index is 11.3. The van der Waals surface area contributed by atoms with Crippen molar-refractivity contribution in [1.82, 2.24) is 25.3 Å². The lowest BCUT2D eigenvalue weighted by Crippen LogP contribution is -2.37. The highest BCUT2D eigenvalue weighted by Gasteiger charge is 2.20. The Morgan fingerprint density at radius 1 is 1.33 bits per heavy atom. The second-order valence-electron chi connectivity index (χ2n) is 5.30. The van der Waals surface area contributed by atoms with Crippen LogP contribution in [0.1, 0.15) is 29.8 Å². The number of primary amides is 1. The second kappa shape index (κ2) is 7.14. The number of hydrogen-bond acceptors (Lipinski definition) is 6. The third kappa shape index (κ3) is 4.50. The van der Waals surface area contributed by atoms with Crippen LogP contribution >= 0.6 is 0 Å². The van der Waals surface area contributed by atoms with Gasteiger partial charge in [-0.15, -0.1) is 5.10 Å². The van der Waals surface area contributed by atoms with Crippen LogP contribution in [-0.2, 0) is 11.3 Å². The van der Waals surface area contributed by atoms with E-state index >= 15 is 0 Å². The number of piperidine rings is 1. The van der Waals surface area contributed by atoms with Crippen molar-refractivity contribution in [2.45, 2.75) is 25.8 Å². The number of nitrogen functional groups attached to an aromatic ring is 1. The van der Waals surface area contributed by atoms with Gasteiger partial charge in [-0.1, -0.05) is 5.21 Å². The van der Waals surface area contributed by atoms with Gasteiger partial charge < -0.3 is 10.6 Å². The first-order valence-corrected chi connectivity index (χ1v) is 7.00. The number of nitrogens with two attached hydrogens (primary N) is 2. The summed E-state index contributed by atoms with van der Waals surface area (Å²) in [6.45, 7) is 3.38. The average molecular weight is 295 g/mol. The summed E-state index contributed by atoms with van der Waals surface area (Å²) >= 11 is 0. The van der Waals surface area contributed by atoms with Crippen molar-refractivity contribution < 1.29 is 9.59 Å². The molecule has 0 radical (unpaired) electrons. The number of hydrogen-bond donors (Lipinski definition) is 3. The van der Waals surface area contributed by atoms with E-state index in [-0.39, 0.29) is 11.6 Å². The van der Waals surface area contributed by atoms with Crippen LogP contribution < -0.4 is 17.0 Å². The molecule has 116 valence electrons. The molecule has 2 amide bonds. The van der Waals surface area contributed by atoms with E-state index in [0.29, 0.717) is 18.9 Å². The molecule has 0 saturated carbocycles. The van der Waals surface area contributed by atoms with E-state index in [2.05, 4.69) is 15.2 Å². The molecule has 5 N–H and O–H groups in total. The molecule has 0 bridgehead atoms. The lowest BCUT2D eigenvalue weighted by Gasteiger charge is -2.31. The number of rotatable bonds is 6. The highest BCUT2D eigenvalue weighted by Crippen LogP contribution is 2.19. The van der Waals surface area contributed by atoms with Crippen molar-refractivity contribution in [3.8, 4) is 0 Å². The standard InChI is InChI=1S/C12H21N7O2/c13-11(20)7-9-1-3-18(4-2-9)5-6-19-8-10(16-17-19)12(21)15-14/h8-9H,1-7,14H2,(H2,13,20)(H,15,21). The minimum absolute atomic E-state index is 0.206. The van der Waals surface area contributed by atoms with Gasteiger partial charge in [0.1, 0.15) is 0 Å². The molecular formula is C12H21N7O2. The van der Waals surface area contributed by atoms with Gasteiger partial charge in [0.2, 0.25) is 5.91 Å². The number of carbonyl (C=O) groups excluding carboxylic acids is 2. The van der Waals surface area contributed by atoms with Gasteiger partial charge in [0.15, 0.2) is 5.69 Å². The highest BCUT2D eigenvalue weighted by molar-refractivity contribution is 5.91. The number of amides is 2. The summed E-state index contributed by atoms with van der Waals surface area (Å²) < 4.78 is 1.63. The van der Waals surface area contributed by atoms with E-state index in [1.807, 2.05) is 5.43 Å². The first kappa shape index (κ1) is 15.4. The summed E-state index contributed by atoms with van der Waals surface area (Å²) in [5, 5.41) is 7.63. The number of hydrazine groups is 1. The molecule has 1 fully saturated rings. The van der Waals surface area contributed by atoms with Crippen LogP contribution in [-0.4, -0.2) is 51.3 Å². The average Bonchev–Trinajstić information content (AvgIpc) is 2.94. The van der Waals surface area contributed by atoms with Crippen molar-refractivity contribution in [3.05, 3.63) is 11.9 Å². The Balaban J connectivity index is 1.73. The molecular weight excluding hydrogens is 274 g/mol. The number of likely N-dealkylation sites (tertiary alicyclic amines) is 1. The lowest BCUT2D eigenvalue weighted by molar-refractivity contribution is -0.119. The smallest absolute Gasteiger partial charge is 0.287 e. The summed E-state index contributed by atoms with van der Waals surface area (Å²) in [6.07, 6.45) is 4.03. The summed E-state index contributed by atoms with van der Waals surface area (Å²) in [6, 6.07) is 0. The van der Waals surface area contributed by atoms with E-state index in [0.717, 1.165) is 32.5 Å². The third-order valence-electron chi connectivity index (χ3n) is 3.74. The molecule has 2 heterocycles. The van der Waals surface area contributed by atoms with Gasteiger partial charge in [0.05, 0.1) is 12.7 Å². The Morgan fingerprint density at radius 2 is 2.05 bits per heavy atom. The van der Waals surface area contributed by atoms with Crippen LogP contribution in [0.2, 0.25) is 0 Å². The Labute approximate surface area is 122 Å². The van der Waals surface area contributed by atoms with Crippen LogP contribution in [0.3, 0.4) is 0 Å². The van der Waals surface area contributed by atoms with E-state index in [9.17, 15) is 9.59 Å². The summed E-state index contributed by atoms with van der Waals surface area (Å²) in [5.74, 6) is 4.77. The van der Waals surface area contributed by atoms with Gasteiger partial charge >= 0.3 is 0 Å². The third-order valence-corrected chi connectivity index (χ3v) is 3.74. The molecule has 0 aromatic carbocycles. The first-order chi connectivity index (χ1) is 10.1. The molecule has 1 saturated heterocycles. The Morgan fingerprint density at radius 3 is 2.67 bits per heavy atom. The quantitative estimate of drug-likeness (QED) is 0.331. The van der Waals surface area contributed by atoms with Crippen LogP contribution in [0.25, 0.3) is 0 Å². The minimum atomic E-state index is -0.450. The zero-order chi connectivity index (χ0) is 15.2. The van der Waals surface area contributed by atoms with Gasteiger partial charge in [-0.25, -0.2) is 5.84 Å². The van der Waals surface area contributed by atoms with Crippen molar-refractivity contribution in [3.63, 3.8) is 0 Å². The Bertz CT molecular complexity index is 494. The van der Waals surface area contributed by atoms with Gasteiger partial charge in [-0.3, -0.25) is 19.7 Å². The van der Waals surface area contributed by atoms with Crippen molar-refractivity contribution >= 4 is 11.8 Å². The predicted molar refractivity (Wildman–Crippen MR) is 74.7 cm³/mol. The number of aromatic nitrogens is 3. The normalized spacial score (nSPS) is 16.8.